The molecular weight excluding hydrogens is 220 g/mol. The van der Waals surface area contributed by atoms with Gasteiger partial charge in [-0.25, -0.2) is 0 Å². The maximum Gasteiger partial charge on any atom is 0.320 e. The molecule has 0 aliphatic heterocycles. The molecule has 2 atom stereocenters. The third-order valence-corrected chi connectivity index (χ3v) is 2.62. The average molecular weight is 244 g/mol. The van der Waals surface area contributed by atoms with Crippen LogP contribution >= 0.6 is 0 Å². The van der Waals surface area contributed by atoms with E-state index in [2.05, 4.69) is 18.6 Å². The van der Waals surface area contributed by atoms with Gasteiger partial charge in [-0.1, -0.05) is 27.7 Å². The maximum absolute atomic E-state index is 11.7. The Morgan fingerprint density at radius 2 is 1.53 bits per heavy atom. The Hall–Kier alpha value is -1.06. The Labute approximate surface area is 104 Å². The number of hydrogen-bond acceptors (Lipinski definition) is 4. The molecule has 0 saturated carbocycles. The minimum absolute atomic E-state index is 0.144. The zero-order chi connectivity index (χ0) is 13.6. The van der Waals surface area contributed by atoms with Crippen LogP contribution in [0.4, 0.5) is 0 Å². The van der Waals surface area contributed by atoms with E-state index in [-0.39, 0.29) is 12.0 Å². The summed E-state index contributed by atoms with van der Waals surface area (Å²) in [6.45, 7) is 9.66. The van der Waals surface area contributed by atoms with Crippen molar-refractivity contribution in [2.75, 3.05) is 7.11 Å². The Balaban J connectivity index is 4.45. The maximum atomic E-state index is 11.7. The van der Waals surface area contributed by atoms with E-state index in [1.54, 1.807) is 0 Å². The SMILES string of the molecule is COC(=O)C(C)C(=O)OC(CC(C)C)C(C)C. The second kappa shape index (κ2) is 7.30. The van der Waals surface area contributed by atoms with Crippen LogP contribution in [0.3, 0.4) is 0 Å². The molecule has 0 aromatic heterocycles. The third-order valence-electron chi connectivity index (χ3n) is 2.62. The number of carbonyl (C=O) groups is 2. The van der Waals surface area contributed by atoms with Gasteiger partial charge in [-0.2, -0.15) is 0 Å². The lowest BCUT2D eigenvalue weighted by molar-refractivity contribution is -0.165. The van der Waals surface area contributed by atoms with E-state index >= 15 is 0 Å². The number of methoxy groups -OCH3 is 1. The van der Waals surface area contributed by atoms with Gasteiger partial charge in [0.2, 0.25) is 0 Å². The van der Waals surface area contributed by atoms with Gasteiger partial charge in [-0.3, -0.25) is 9.59 Å². The molecule has 0 N–H and O–H groups in total. The van der Waals surface area contributed by atoms with Gasteiger partial charge in [0.15, 0.2) is 5.92 Å². The van der Waals surface area contributed by atoms with E-state index in [0.29, 0.717) is 5.92 Å². The normalized spacial score (nSPS) is 14.6. The lowest BCUT2D eigenvalue weighted by Gasteiger charge is -2.24. The zero-order valence-corrected chi connectivity index (χ0v) is 11.6. The molecule has 0 radical (unpaired) electrons. The largest absolute Gasteiger partial charge is 0.468 e. The molecule has 0 bridgehead atoms. The first-order valence-electron chi connectivity index (χ1n) is 6.07. The molecule has 4 heteroatoms. The number of rotatable bonds is 6. The van der Waals surface area contributed by atoms with Gasteiger partial charge < -0.3 is 9.47 Å². The predicted octanol–water partition coefficient (Wildman–Crippen LogP) is 2.41. The van der Waals surface area contributed by atoms with E-state index in [1.165, 1.54) is 14.0 Å². The fourth-order valence-electron chi connectivity index (χ4n) is 1.45. The van der Waals surface area contributed by atoms with Crippen molar-refractivity contribution in [2.24, 2.45) is 17.8 Å². The van der Waals surface area contributed by atoms with Crippen LogP contribution in [0.1, 0.15) is 41.0 Å². The fourth-order valence-corrected chi connectivity index (χ4v) is 1.45. The molecule has 100 valence electrons. The molecular formula is C13H24O4. The highest BCUT2D eigenvalue weighted by Gasteiger charge is 2.28. The molecule has 4 nitrogen and oxygen atoms in total. The summed E-state index contributed by atoms with van der Waals surface area (Å²) < 4.78 is 9.88. The van der Waals surface area contributed by atoms with Crippen LogP contribution in [0, 0.1) is 17.8 Å². The highest BCUT2D eigenvalue weighted by Crippen LogP contribution is 2.18. The van der Waals surface area contributed by atoms with Crippen LogP contribution < -0.4 is 0 Å². The predicted molar refractivity (Wildman–Crippen MR) is 65.4 cm³/mol. The summed E-state index contributed by atoms with van der Waals surface area (Å²) in [6, 6.07) is 0. The van der Waals surface area contributed by atoms with Gasteiger partial charge >= 0.3 is 11.9 Å². The summed E-state index contributed by atoms with van der Waals surface area (Å²) in [5, 5.41) is 0. The molecule has 0 aromatic carbocycles. The van der Waals surface area contributed by atoms with Crippen molar-refractivity contribution in [2.45, 2.75) is 47.1 Å². The van der Waals surface area contributed by atoms with Crippen LogP contribution in [0.5, 0.6) is 0 Å². The molecule has 17 heavy (non-hydrogen) atoms. The molecule has 0 rings (SSSR count). The summed E-state index contributed by atoms with van der Waals surface area (Å²) in [4.78, 5) is 22.9. The van der Waals surface area contributed by atoms with E-state index in [4.69, 9.17) is 4.74 Å². The Kier molecular flexibility index (Phi) is 6.85. The Morgan fingerprint density at radius 1 is 1.00 bits per heavy atom. The standard InChI is InChI=1S/C13H24O4/c1-8(2)7-11(9(3)4)17-13(15)10(5)12(14)16-6/h8-11H,7H2,1-6H3. The van der Waals surface area contributed by atoms with Crippen molar-refractivity contribution in [3.8, 4) is 0 Å². The lowest BCUT2D eigenvalue weighted by atomic mass is 9.97. The third kappa shape index (κ3) is 5.71. The topological polar surface area (TPSA) is 52.6 Å². The average Bonchev–Trinajstić information content (AvgIpc) is 2.25. The molecule has 0 spiro atoms. The molecule has 0 fully saturated rings. The van der Waals surface area contributed by atoms with Crippen LogP contribution in [0.2, 0.25) is 0 Å². The number of hydrogen-bond donors (Lipinski definition) is 0. The highest BCUT2D eigenvalue weighted by atomic mass is 16.6. The fraction of sp³-hybridized carbons (Fsp3) is 0.846. The molecule has 0 aliphatic rings. The smallest absolute Gasteiger partial charge is 0.320 e. The molecule has 0 heterocycles. The molecule has 0 aliphatic carbocycles. The second-order valence-corrected chi connectivity index (χ2v) is 5.09. The van der Waals surface area contributed by atoms with Crippen LogP contribution in [0.15, 0.2) is 0 Å². The monoisotopic (exact) mass is 244 g/mol. The molecule has 0 amide bonds. The first kappa shape index (κ1) is 15.9. The first-order chi connectivity index (χ1) is 7.79. The van der Waals surface area contributed by atoms with Crippen molar-refractivity contribution in [1.82, 2.24) is 0 Å². The number of esters is 2. The van der Waals surface area contributed by atoms with Crippen molar-refractivity contribution in [3.63, 3.8) is 0 Å². The van der Waals surface area contributed by atoms with Gasteiger partial charge in [-0.15, -0.1) is 0 Å². The summed E-state index contributed by atoms with van der Waals surface area (Å²) >= 11 is 0. The van der Waals surface area contributed by atoms with Crippen molar-refractivity contribution in [3.05, 3.63) is 0 Å². The van der Waals surface area contributed by atoms with E-state index in [1.807, 2.05) is 13.8 Å². The van der Waals surface area contributed by atoms with Crippen molar-refractivity contribution < 1.29 is 19.1 Å². The van der Waals surface area contributed by atoms with Crippen molar-refractivity contribution >= 4 is 11.9 Å². The first-order valence-corrected chi connectivity index (χ1v) is 6.07. The van der Waals surface area contributed by atoms with Gasteiger partial charge in [0, 0.05) is 0 Å². The quantitative estimate of drug-likeness (QED) is 0.532. The van der Waals surface area contributed by atoms with E-state index in [9.17, 15) is 9.59 Å². The molecule has 0 saturated heterocycles. The van der Waals surface area contributed by atoms with Crippen LogP contribution in [-0.2, 0) is 19.1 Å². The van der Waals surface area contributed by atoms with Crippen molar-refractivity contribution in [1.29, 1.82) is 0 Å². The second-order valence-electron chi connectivity index (χ2n) is 5.09. The lowest BCUT2D eigenvalue weighted by Crippen LogP contribution is -2.31. The summed E-state index contributed by atoms with van der Waals surface area (Å²) in [7, 11) is 1.26. The molecule has 2 unspecified atom stereocenters. The molecule has 0 aromatic rings. The minimum atomic E-state index is -0.853. The minimum Gasteiger partial charge on any atom is -0.468 e. The van der Waals surface area contributed by atoms with Gasteiger partial charge in [0.05, 0.1) is 7.11 Å². The van der Waals surface area contributed by atoms with E-state index < -0.39 is 17.9 Å². The summed E-state index contributed by atoms with van der Waals surface area (Å²) in [6.07, 6.45) is 0.659. The Bertz CT molecular complexity index is 258. The summed E-state index contributed by atoms with van der Waals surface area (Å²) in [5.74, 6) is -1.22. The zero-order valence-electron chi connectivity index (χ0n) is 11.6. The Morgan fingerprint density at radius 3 is 1.88 bits per heavy atom. The summed E-state index contributed by atoms with van der Waals surface area (Å²) in [5.41, 5.74) is 0. The van der Waals surface area contributed by atoms with Gasteiger partial charge in [0.1, 0.15) is 6.10 Å². The van der Waals surface area contributed by atoms with Gasteiger partial charge in [0.25, 0.3) is 0 Å². The van der Waals surface area contributed by atoms with E-state index in [0.717, 1.165) is 6.42 Å². The highest BCUT2D eigenvalue weighted by molar-refractivity contribution is 5.94. The van der Waals surface area contributed by atoms with Crippen LogP contribution in [-0.4, -0.2) is 25.2 Å². The number of carbonyl (C=O) groups excluding carboxylic acids is 2. The number of ether oxygens (including phenoxy) is 2. The van der Waals surface area contributed by atoms with Crippen LogP contribution in [0.25, 0.3) is 0 Å². The van der Waals surface area contributed by atoms with Gasteiger partial charge in [-0.05, 0) is 25.2 Å².